The van der Waals surface area contributed by atoms with Gasteiger partial charge in [0.05, 0.1) is 5.70 Å². The monoisotopic (exact) mass is 487 g/mol. The summed E-state index contributed by atoms with van der Waals surface area (Å²) >= 11 is 0. The molecule has 2 aliphatic heterocycles. The Labute approximate surface area is 219 Å². The first kappa shape index (κ1) is 28.8. The van der Waals surface area contributed by atoms with Gasteiger partial charge in [0.2, 0.25) is 0 Å². The molecule has 2 aromatic carbocycles. The highest BCUT2D eigenvalue weighted by Crippen LogP contribution is 2.29. The van der Waals surface area contributed by atoms with Crippen LogP contribution in [0, 0.1) is 0 Å². The quantitative estimate of drug-likeness (QED) is 0.470. The number of amidine groups is 1. The SMILES string of the molecule is C=C1C(=NC)NC=CN1/C(=C\C)c1cccc(N2CCCC2)c1.CC.CCCN(C)c1ccccc1. The van der Waals surface area contributed by atoms with Gasteiger partial charge in [0.1, 0.15) is 5.84 Å². The van der Waals surface area contributed by atoms with Crippen molar-refractivity contribution in [2.24, 2.45) is 4.99 Å². The smallest absolute Gasteiger partial charge is 0.148 e. The van der Waals surface area contributed by atoms with Crippen LogP contribution in [0.2, 0.25) is 0 Å². The Bertz CT molecular complexity index is 1020. The van der Waals surface area contributed by atoms with Gasteiger partial charge < -0.3 is 20.0 Å². The first-order chi connectivity index (χ1) is 17.6. The highest BCUT2D eigenvalue weighted by Gasteiger charge is 2.20. The zero-order valence-electron chi connectivity index (χ0n) is 23.2. The molecular weight excluding hydrogens is 442 g/mol. The van der Waals surface area contributed by atoms with Gasteiger partial charge in [0.25, 0.3) is 0 Å². The normalized spacial score (nSPS) is 16.1. The third-order valence-electron chi connectivity index (χ3n) is 6.13. The van der Waals surface area contributed by atoms with Gasteiger partial charge in [-0.05, 0) is 50.5 Å². The summed E-state index contributed by atoms with van der Waals surface area (Å²) in [6, 6.07) is 19.2. The Morgan fingerprint density at radius 1 is 1.08 bits per heavy atom. The summed E-state index contributed by atoms with van der Waals surface area (Å²) in [7, 11) is 3.90. The second kappa shape index (κ2) is 15.5. The molecule has 0 amide bonds. The van der Waals surface area contributed by atoms with Crippen LogP contribution >= 0.6 is 0 Å². The molecule has 0 bridgehead atoms. The van der Waals surface area contributed by atoms with Crippen molar-refractivity contribution < 1.29 is 0 Å². The molecule has 1 saturated heterocycles. The van der Waals surface area contributed by atoms with Crippen molar-refractivity contribution in [2.75, 3.05) is 43.5 Å². The summed E-state index contributed by atoms with van der Waals surface area (Å²) in [5.41, 5.74) is 5.77. The van der Waals surface area contributed by atoms with Crippen LogP contribution in [0.15, 0.2) is 90.3 Å². The number of benzene rings is 2. The van der Waals surface area contributed by atoms with Gasteiger partial charge in [-0.25, -0.2) is 0 Å². The minimum atomic E-state index is 0.794. The van der Waals surface area contributed by atoms with Gasteiger partial charge in [-0.15, -0.1) is 0 Å². The average molecular weight is 488 g/mol. The fraction of sp³-hybridized carbons (Fsp3) is 0.387. The molecule has 2 heterocycles. The van der Waals surface area contributed by atoms with Crippen LogP contribution in [0.3, 0.4) is 0 Å². The largest absolute Gasteiger partial charge is 0.375 e. The number of para-hydroxylation sites is 1. The number of nitrogens with one attached hydrogen (secondary N) is 1. The molecule has 1 fully saturated rings. The third kappa shape index (κ3) is 7.77. The molecule has 5 heteroatoms. The lowest BCUT2D eigenvalue weighted by atomic mass is 10.1. The maximum Gasteiger partial charge on any atom is 0.148 e. The number of hydrogen-bond donors (Lipinski definition) is 1. The molecule has 36 heavy (non-hydrogen) atoms. The zero-order chi connectivity index (χ0) is 26.3. The van der Waals surface area contributed by atoms with E-state index in [9.17, 15) is 0 Å². The van der Waals surface area contributed by atoms with E-state index >= 15 is 0 Å². The minimum absolute atomic E-state index is 0.794. The molecule has 0 unspecified atom stereocenters. The van der Waals surface area contributed by atoms with Crippen LogP contribution in [-0.4, -0.2) is 44.5 Å². The van der Waals surface area contributed by atoms with E-state index in [1.807, 2.05) is 32.3 Å². The Hall–Kier alpha value is -3.47. The van der Waals surface area contributed by atoms with E-state index < -0.39 is 0 Å². The van der Waals surface area contributed by atoms with Crippen molar-refractivity contribution >= 4 is 22.9 Å². The van der Waals surface area contributed by atoms with E-state index in [4.69, 9.17) is 0 Å². The van der Waals surface area contributed by atoms with Crippen molar-refractivity contribution in [3.63, 3.8) is 0 Å². The lowest BCUT2D eigenvalue weighted by Gasteiger charge is -2.30. The van der Waals surface area contributed by atoms with Gasteiger partial charge >= 0.3 is 0 Å². The molecule has 0 spiro atoms. The van der Waals surface area contributed by atoms with Gasteiger partial charge in [-0.2, -0.15) is 0 Å². The number of aliphatic imine (C=N–C) groups is 1. The summed E-state index contributed by atoms with van der Waals surface area (Å²) in [4.78, 5) is 11.1. The lowest BCUT2D eigenvalue weighted by Crippen LogP contribution is -2.33. The fourth-order valence-corrected chi connectivity index (χ4v) is 4.33. The number of allylic oxidation sites excluding steroid dienone is 1. The average Bonchev–Trinajstić information content (AvgIpc) is 3.48. The van der Waals surface area contributed by atoms with E-state index in [-0.39, 0.29) is 0 Å². The molecule has 0 radical (unpaired) electrons. The van der Waals surface area contributed by atoms with Gasteiger partial charge in [-0.3, -0.25) is 4.99 Å². The highest BCUT2D eigenvalue weighted by atomic mass is 15.2. The van der Waals surface area contributed by atoms with Gasteiger partial charge in [0.15, 0.2) is 0 Å². The summed E-state index contributed by atoms with van der Waals surface area (Å²) in [6.07, 6.45) is 9.78. The number of hydrogen-bond acceptors (Lipinski definition) is 4. The molecule has 194 valence electrons. The summed E-state index contributed by atoms with van der Waals surface area (Å²) in [5.74, 6) is 0.794. The summed E-state index contributed by atoms with van der Waals surface area (Å²) < 4.78 is 0. The topological polar surface area (TPSA) is 34.1 Å². The van der Waals surface area contributed by atoms with Crippen molar-refractivity contribution in [3.8, 4) is 0 Å². The van der Waals surface area contributed by atoms with E-state index in [0.29, 0.717) is 0 Å². The maximum absolute atomic E-state index is 4.25. The zero-order valence-corrected chi connectivity index (χ0v) is 23.2. The van der Waals surface area contributed by atoms with Crippen molar-refractivity contribution in [1.29, 1.82) is 0 Å². The standard InChI is InChI=1S/C19H24N4.C10H15N.C2H6/c1-4-18(23-13-10-21-19(20-3)15(23)2)16-8-7-9-17(14-16)22-11-5-6-12-22;1-3-9-11(2)10-7-5-4-6-8-10;1-2/h4,7-10,13-14H,2,5-6,11-12H2,1,3H3,(H,20,21);4-8H,3,9H2,1-2H3;1-2H3/b18-4-;;. The summed E-state index contributed by atoms with van der Waals surface area (Å²) in [5, 5.41) is 3.13. The van der Waals surface area contributed by atoms with Crippen LogP contribution in [-0.2, 0) is 0 Å². The molecule has 2 aromatic rings. The molecule has 0 aliphatic carbocycles. The fourth-order valence-electron chi connectivity index (χ4n) is 4.33. The van der Waals surface area contributed by atoms with Crippen molar-refractivity contribution in [3.05, 3.63) is 90.9 Å². The van der Waals surface area contributed by atoms with E-state index in [1.54, 1.807) is 7.05 Å². The van der Waals surface area contributed by atoms with Gasteiger partial charge in [-0.1, -0.05) is 63.8 Å². The van der Waals surface area contributed by atoms with E-state index in [2.05, 4.69) is 107 Å². The Balaban J connectivity index is 0.000000295. The number of rotatable bonds is 6. The van der Waals surface area contributed by atoms with Crippen LogP contribution in [0.25, 0.3) is 5.70 Å². The molecule has 5 nitrogen and oxygen atoms in total. The molecule has 2 aliphatic rings. The Kier molecular flexibility index (Phi) is 12.4. The van der Waals surface area contributed by atoms with E-state index in [0.717, 1.165) is 36.9 Å². The predicted octanol–water partition coefficient (Wildman–Crippen LogP) is 7.13. The molecule has 4 rings (SSSR count). The van der Waals surface area contributed by atoms with Crippen LogP contribution in [0.1, 0.15) is 52.5 Å². The Morgan fingerprint density at radius 2 is 1.78 bits per heavy atom. The molecule has 0 aromatic heterocycles. The second-order valence-electron chi connectivity index (χ2n) is 8.52. The highest BCUT2D eigenvalue weighted by molar-refractivity contribution is 6.00. The van der Waals surface area contributed by atoms with E-state index in [1.165, 1.54) is 36.2 Å². The number of anilines is 2. The van der Waals surface area contributed by atoms with Crippen molar-refractivity contribution in [2.45, 2.75) is 47.0 Å². The molecule has 1 N–H and O–H groups in total. The Morgan fingerprint density at radius 3 is 2.39 bits per heavy atom. The first-order valence-electron chi connectivity index (χ1n) is 13.3. The molecule has 0 atom stereocenters. The third-order valence-corrected chi connectivity index (χ3v) is 6.13. The molecular formula is C31H45N5. The van der Waals surface area contributed by atoms with Crippen LogP contribution in [0.5, 0.6) is 0 Å². The predicted molar refractivity (Wildman–Crippen MR) is 160 cm³/mol. The maximum atomic E-state index is 4.25. The van der Waals surface area contributed by atoms with Crippen molar-refractivity contribution in [1.82, 2.24) is 10.2 Å². The minimum Gasteiger partial charge on any atom is -0.375 e. The second-order valence-corrected chi connectivity index (χ2v) is 8.52. The first-order valence-corrected chi connectivity index (χ1v) is 13.3. The van der Waals surface area contributed by atoms with Crippen LogP contribution < -0.4 is 15.1 Å². The van der Waals surface area contributed by atoms with Gasteiger partial charge in [0, 0.05) is 68.8 Å². The number of nitrogens with zero attached hydrogens (tertiary/aromatic N) is 4. The lowest BCUT2D eigenvalue weighted by molar-refractivity contribution is 0.669. The van der Waals surface area contributed by atoms with Crippen LogP contribution in [0.4, 0.5) is 11.4 Å². The summed E-state index contributed by atoms with van der Waals surface area (Å²) in [6.45, 7) is 15.9. The molecule has 0 saturated carbocycles.